The third-order valence-electron chi connectivity index (χ3n) is 8.48. The van der Waals surface area contributed by atoms with E-state index in [1.54, 1.807) is 0 Å². The average molecular weight is 544 g/mol. The molecule has 0 atom stereocenters. The lowest BCUT2D eigenvalue weighted by Crippen LogP contribution is -3.00. The topological polar surface area (TPSA) is 0 Å². The van der Waals surface area contributed by atoms with Gasteiger partial charge in [0.15, 0.2) is 0 Å². The van der Waals surface area contributed by atoms with Gasteiger partial charge in [-0.25, -0.2) is 0 Å². The number of unbranched alkanes of at least 4 members (excludes halogenated alkanes) is 27. The number of quaternary nitrogens is 1. The minimum atomic E-state index is 0. The van der Waals surface area contributed by atoms with E-state index in [1.807, 2.05) is 0 Å². The highest BCUT2D eigenvalue weighted by Crippen LogP contribution is 2.16. The molecule has 1 nitrogen and oxygen atoms in total. The standard InChI is InChI=1S/C35H74N.ClH/c1-5-7-9-11-13-15-16-17-18-19-20-21-22-23-24-25-26-27-29-31-33-35-36(3,4)34-32-30-28-14-12-10-8-6-2;/h5-35H2,1-4H3;1H/q+1;/p-1. The highest BCUT2D eigenvalue weighted by molar-refractivity contribution is 4.52. The molecule has 0 aromatic heterocycles. The molecule has 0 aliphatic heterocycles. The molecule has 0 saturated heterocycles. The van der Waals surface area contributed by atoms with Crippen molar-refractivity contribution in [2.45, 2.75) is 200 Å². The molecule has 0 radical (unpaired) electrons. The summed E-state index contributed by atoms with van der Waals surface area (Å²) < 4.78 is 1.24. The molecule has 0 unspecified atom stereocenters. The molecular formula is C35H74ClN. The molecule has 37 heavy (non-hydrogen) atoms. The Morgan fingerprint density at radius 1 is 0.270 bits per heavy atom. The van der Waals surface area contributed by atoms with Crippen LogP contribution < -0.4 is 12.4 Å². The lowest BCUT2D eigenvalue weighted by atomic mass is 10.0. The lowest BCUT2D eigenvalue weighted by molar-refractivity contribution is -0.890. The van der Waals surface area contributed by atoms with Gasteiger partial charge in [0.1, 0.15) is 0 Å². The molecule has 0 aromatic carbocycles. The Morgan fingerprint density at radius 2 is 0.432 bits per heavy atom. The first-order valence-electron chi connectivity index (χ1n) is 17.4. The highest BCUT2D eigenvalue weighted by atomic mass is 35.5. The summed E-state index contributed by atoms with van der Waals surface area (Å²) in [6.07, 6.45) is 42.5. The molecule has 0 amide bonds. The number of rotatable bonds is 31. The van der Waals surface area contributed by atoms with Gasteiger partial charge in [-0.3, -0.25) is 0 Å². The van der Waals surface area contributed by atoms with E-state index in [9.17, 15) is 0 Å². The summed E-state index contributed by atoms with van der Waals surface area (Å²) in [4.78, 5) is 0. The number of hydrogen-bond donors (Lipinski definition) is 0. The third kappa shape index (κ3) is 34.2. The molecule has 0 aliphatic carbocycles. The molecule has 0 aliphatic rings. The fourth-order valence-corrected chi connectivity index (χ4v) is 5.76. The Hall–Kier alpha value is 0.250. The minimum Gasteiger partial charge on any atom is -1.00 e. The van der Waals surface area contributed by atoms with E-state index in [2.05, 4.69) is 27.9 Å². The van der Waals surface area contributed by atoms with Gasteiger partial charge in [0.2, 0.25) is 0 Å². The number of halogens is 1. The van der Waals surface area contributed by atoms with E-state index in [1.165, 1.54) is 204 Å². The zero-order valence-corrected chi connectivity index (χ0v) is 27.5. The minimum absolute atomic E-state index is 0. The number of nitrogens with zero attached hydrogens (tertiary/aromatic N) is 1. The van der Waals surface area contributed by atoms with Gasteiger partial charge in [0.05, 0.1) is 27.2 Å². The van der Waals surface area contributed by atoms with Gasteiger partial charge in [-0.05, 0) is 25.7 Å². The van der Waals surface area contributed by atoms with Crippen molar-refractivity contribution >= 4 is 0 Å². The zero-order valence-electron chi connectivity index (χ0n) is 26.7. The average Bonchev–Trinajstić information content (AvgIpc) is 2.86. The predicted octanol–water partition coefficient (Wildman–Crippen LogP) is 9.42. The predicted molar refractivity (Wildman–Crippen MR) is 167 cm³/mol. The second kappa shape index (κ2) is 32.5. The zero-order chi connectivity index (χ0) is 26.4. The van der Waals surface area contributed by atoms with E-state index in [0.717, 1.165) is 0 Å². The second-order valence-corrected chi connectivity index (χ2v) is 12.9. The Morgan fingerprint density at radius 3 is 0.622 bits per heavy atom. The molecule has 0 bridgehead atoms. The Bertz CT molecular complexity index is 395. The molecular weight excluding hydrogens is 470 g/mol. The quantitative estimate of drug-likeness (QED) is 0.0603. The van der Waals surface area contributed by atoms with Gasteiger partial charge < -0.3 is 16.9 Å². The summed E-state index contributed by atoms with van der Waals surface area (Å²) in [5, 5.41) is 0. The molecule has 226 valence electrons. The first kappa shape index (κ1) is 39.4. The van der Waals surface area contributed by atoms with Crippen LogP contribution in [0.25, 0.3) is 0 Å². The van der Waals surface area contributed by atoms with Crippen molar-refractivity contribution in [1.29, 1.82) is 0 Å². The van der Waals surface area contributed by atoms with E-state index in [0.29, 0.717) is 0 Å². The van der Waals surface area contributed by atoms with Gasteiger partial charge in [0.25, 0.3) is 0 Å². The Kier molecular flexibility index (Phi) is 34.6. The van der Waals surface area contributed by atoms with Crippen molar-refractivity contribution < 1.29 is 16.9 Å². The van der Waals surface area contributed by atoms with E-state index < -0.39 is 0 Å². The smallest absolute Gasteiger partial charge is 0.0782 e. The van der Waals surface area contributed by atoms with Crippen LogP contribution in [0, 0.1) is 0 Å². The van der Waals surface area contributed by atoms with Crippen LogP contribution in [0.1, 0.15) is 200 Å². The van der Waals surface area contributed by atoms with E-state index >= 15 is 0 Å². The maximum Gasteiger partial charge on any atom is 0.0782 e. The van der Waals surface area contributed by atoms with Gasteiger partial charge in [-0.15, -0.1) is 0 Å². The van der Waals surface area contributed by atoms with Crippen molar-refractivity contribution in [2.75, 3.05) is 27.2 Å². The normalized spacial score (nSPS) is 11.7. The fourth-order valence-electron chi connectivity index (χ4n) is 5.76. The van der Waals surface area contributed by atoms with Crippen LogP contribution in [0.4, 0.5) is 0 Å². The van der Waals surface area contributed by atoms with Crippen molar-refractivity contribution in [3.63, 3.8) is 0 Å². The van der Waals surface area contributed by atoms with Crippen LogP contribution in [-0.2, 0) is 0 Å². The van der Waals surface area contributed by atoms with Gasteiger partial charge in [-0.2, -0.15) is 0 Å². The molecule has 0 aromatic rings. The summed E-state index contributed by atoms with van der Waals surface area (Å²) >= 11 is 0. The largest absolute Gasteiger partial charge is 1.00 e. The maximum atomic E-state index is 2.46. The van der Waals surface area contributed by atoms with Crippen LogP contribution in [0.3, 0.4) is 0 Å². The lowest BCUT2D eigenvalue weighted by Gasteiger charge is -2.30. The van der Waals surface area contributed by atoms with Crippen LogP contribution >= 0.6 is 0 Å². The molecule has 0 saturated carbocycles. The van der Waals surface area contributed by atoms with Gasteiger partial charge >= 0.3 is 0 Å². The van der Waals surface area contributed by atoms with E-state index in [-0.39, 0.29) is 12.4 Å². The summed E-state index contributed by atoms with van der Waals surface area (Å²) in [6.45, 7) is 7.38. The molecule has 2 heteroatoms. The van der Waals surface area contributed by atoms with Crippen LogP contribution in [0.2, 0.25) is 0 Å². The summed E-state index contributed by atoms with van der Waals surface area (Å²) in [6, 6.07) is 0. The molecule has 0 spiro atoms. The first-order chi connectivity index (χ1) is 17.6. The van der Waals surface area contributed by atoms with Crippen molar-refractivity contribution in [3.05, 3.63) is 0 Å². The Labute approximate surface area is 243 Å². The SMILES string of the molecule is CCCCCCCCCCCCCCCCCCCCCCC[N+](C)(C)CCCCCCCCCC.[Cl-]. The van der Waals surface area contributed by atoms with Crippen LogP contribution in [0.5, 0.6) is 0 Å². The summed E-state index contributed by atoms with van der Waals surface area (Å²) in [5.41, 5.74) is 0. The van der Waals surface area contributed by atoms with Crippen molar-refractivity contribution in [3.8, 4) is 0 Å². The number of hydrogen-bond acceptors (Lipinski definition) is 0. The fraction of sp³-hybridized carbons (Fsp3) is 1.00. The summed E-state index contributed by atoms with van der Waals surface area (Å²) in [7, 11) is 4.91. The van der Waals surface area contributed by atoms with E-state index in [4.69, 9.17) is 0 Å². The van der Waals surface area contributed by atoms with Crippen molar-refractivity contribution in [1.82, 2.24) is 0 Å². The second-order valence-electron chi connectivity index (χ2n) is 12.9. The van der Waals surface area contributed by atoms with Gasteiger partial charge in [0, 0.05) is 0 Å². The van der Waals surface area contributed by atoms with Crippen molar-refractivity contribution in [2.24, 2.45) is 0 Å². The molecule has 0 fully saturated rings. The molecule has 0 rings (SSSR count). The highest BCUT2D eigenvalue weighted by Gasteiger charge is 2.13. The van der Waals surface area contributed by atoms with Crippen LogP contribution in [-0.4, -0.2) is 31.7 Å². The van der Waals surface area contributed by atoms with Crippen LogP contribution in [0.15, 0.2) is 0 Å². The summed E-state index contributed by atoms with van der Waals surface area (Å²) in [5.74, 6) is 0. The molecule has 0 N–H and O–H groups in total. The monoisotopic (exact) mass is 544 g/mol. The molecule has 0 heterocycles. The first-order valence-corrected chi connectivity index (χ1v) is 17.4. The maximum absolute atomic E-state index is 2.46. The third-order valence-corrected chi connectivity index (χ3v) is 8.48. The van der Waals surface area contributed by atoms with Gasteiger partial charge in [-0.1, -0.05) is 174 Å². The Balaban J connectivity index is 0.